The van der Waals surface area contributed by atoms with Crippen LogP contribution in [0.2, 0.25) is 5.02 Å². The van der Waals surface area contributed by atoms with E-state index in [1.54, 1.807) is 31.4 Å². The molecule has 0 N–H and O–H groups in total. The minimum Gasteiger partial charge on any atom is -0.377 e. The molecule has 3 heterocycles. The van der Waals surface area contributed by atoms with E-state index in [1.807, 2.05) is 42.8 Å². The lowest BCUT2D eigenvalue weighted by molar-refractivity contribution is 0.178. The average Bonchev–Trinajstić information content (AvgIpc) is 3.04. The lowest BCUT2D eigenvalue weighted by atomic mass is 10.2. The number of hydrogen-bond acceptors (Lipinski definition) is 7. The first-order valence-electron chi connectivity index (χ1n) is 12.1. The molecule has 5 rings (SSSR count). The van der Waals surface area contributed by atoms with Crippen LogP contribution >= 0.6 is 11.6 Å². The number of rotatable bonds is 6. The van der Waals surface area contributed by atoms with Crippen LogP contribution in [0.5, 0.6) is 0 Å². The van der Waals surface area contributed by atoms with Crippen molar-refractivity contribution < 1.29 is 13.2 Å². The van der Waals surface area contributed by atoms with E-state index in [-0.39, 0.29) is 11.5 Å². The lowest BCUT2D eigenvalue weighted by Gasteiger charge is -2.24. The van der Waals surface area contributed by atoms with Crippen LogP contribution in [0, 0.1) is 13.8 Å². The van der Waals surface area contributed by atoms with Gasteiger partial charge in [-0.05, 0) is 56.7 Å². The van der Waals surface area contributed by atoms with Crippen LogP contribution in [0.25, 0.3) is 16.7 Å². The van der Waals surface area contributed by atoms with Crippen LogP contribution in [0.4, 0.5) is 5.82 Å². The number of methoxy groups -OCH3 is 1. The molecule has 11 heteroatoms. The van der Waals surface area contributed by atoms with Crippen LogP contribution in [-0.4, -0.2) is 65.8 Å². The normalized spacial score (nSPS) is 15.3. The van der Waals surface area contributed by atoms with E-state index in [1.165, 1.54) is 4.31 Å². The van der Waals surface area contributed by atoms with Gasteiger partial charge >= 0.3 is 0 Å². The summed E-state index contributed by atoms with van der Waals surface area (Å²) in [6.45, 7) is 6.14. The highest BCUT2D eigenvalue weighted by Crippen LogP contribution is 2.30. The molecule has 194 valence electrons. The third-order valence-corrected chi connectivity index (χ3v) is 8.65. The average molecular weight is 541 g/mol. The fourth-order valence-corrected chi connectivity index (χ4v) is 6.19. The molecular formula is C26H29ClN6O3S. The molecule has 0 amide bonds. The summed E-state index contributed by atoms with van der Waals surface area (Å²) < 4.78 is 35.3. The van der Waals surface area contributed by atoms with Crippen molar-refractivity contribution in [3.8, 4) is 5.69 Å². The Hall–Kier alpha value is -3.05. The Bertz CT molecular complexity index is 1520. The van der Waals surface area contributed by atoms with Gasteiger partial charge in [-0.3, -0.25) is 0 Å². The summed E-state index contributed by atoms with van der Waals surface area (Å²) in [4.78, 5) is 12.0. The summed E-state index contributed by atoms with van der Waals surface area (Å²) in [7, 11) is -2.02. The molecule has 0 spiro atoms. The minimum absolute atomic E-state index is 0.243. The van der Waals surface area contributed by atoms with E-state index in [0.29, 0.717) is 49.1 Å². The molecule has 1 aliphatic heterocycles. The van der Waals surface area contributed by atoms with Gasteiger partial charge in [0.2, 0.25) is 10.0 Å². The van der Waals surface area contributed by atoms with E-state index in [0.717, 1.165) is 28.1 Å². The summed E-state index contributed by atoms with van der Waals surface area (Å²) in [5, 5.41) is 6.16. The van der Waals surface area contributed by atoms with Crippen molar-refractivity contribution in [3.05, 3.63) is 70.6 Å². The van der Waals surface area contributed by atoms with Gasteiger partial charge < -0.3 is 9.64 Å². The molecule has 9 nitrogen and oxygen atoms in total. The fraction of sp³-hybridized carbons (Fsp3) is 0.346. The largest absolute Gasteiger partial charge is 0.377 e. The molecule has 37 heavy (non-hydrogen) atoms. The SMILES string of the molecule is COCc1nc(N2CCCN(S(=O)(=O)c3ccc(Cl)cc3)CC2)c2c(C)nn(-c3ccc(C)cc3)c2n1. The van der Waals surface area contributed by atoms with Gasteiger partial charge in [-0.1, -0.05) is 29.3 Å². The number of aryl methyl sites for hydroxylation is 2. The van der Waals surface area contributed by atoms with Crippen LogP contribution in [0.3, 0.4) is 0 Å². The first-order chi connectivity index (χ1) is 17.8. The summed E-state index contributed by atoms with van der Waals surface area (Å²) >= 11 is 5.96. The molecule has 0 aliphatic carbocycles. The number of aromatic nitrogens is 4. The number of halogens is 1. The number of benzene rings is 2. The third kappa shape index (κ3) is 5.06. The Morgan fingerprint density at radius 2 is 1.68 bits per heavy atom. The number of hydrogen-bond donors (Lipinski definition) is 0. The summed E-state index contributed by atoms with van der Waals surface area (Å²) in [6.07, 6.45) is 0.656. The van der Waals surface area contributed by atoms with Crippen LogP contribution < -0.4 is 4.90 Å². The van der Waals surface area contributed by atoms with Crippen molar-refractivity contribution in [2.45, 2.75) is 31.8 Å². The van der Waals surface area contributed by atoms with Gasteiger partial charge in [0.05, 0.1) is 21.7 Å². The Morgan fingerprint density at radius 1 is 0.946 bits per heavy atom. The van der Waals surface area contributed by atoms with Gasteiger partial charge in [0.25, 0.3) is 0 Å². The van der Waals surface area contributed by atoms with E-state index in [4.69, 9.17) is 31.4 Å². The number of fused-ring (bicyclic) bond motifs is 1. The maximum Gasteiger partial charge on any atom is 0.243 e. The van der Waals surface area contributed by atoms with Gasteiger partial charge in [-0.15, -0.1) is 0 Å². The van der Waals surface area contributed by atoms with Crippen molar-refractivity contribution in [1.82, 2.24) is 24.1 Å². The van der Waals surface area contributed by atoms with E-state index < -0.39 is 10.0 Å². The van der Waals surface area contributed by atoms with Crippen molar-refractivity contribution >= 4 is 38.5 Å². The number of ether oxygens (including phenoxy) is 1. The maximum atomic E-state index is 13.3. The monoisotopic (exact) mass is 540 g/mol. The molecule has 1 fully saturated rings. The molecule has 1 saturated heterocycles. The lowest BCUT2D eigenvalue weighted by Crippen LogP contribution is -2.35. The number of anilines is 1. The van der Waals surface area contributed by atoms with Gasteiger partial charge in [0.1, 0.15) is 12.4 Å². The molecule has 0 unspecified atom stereocenters. The summed E-state index contributed by atoms with van der Waals surface area (Å²) in [6, 6.07) is 14.4. The van der Waals surface area contributed by atoms with Crippen molar-refractivity contribution in [1.29, 1.82) is 0 Å². The predicted molar refractivity (Wildman–Crippen MR) is 144 cm³/mol. The highest BCUT2D eigenvalue weighted by Gasteiger charge is 2.29. The first-order valence-corrected chi connectivity index (χ1v) is 13.9. The molecule has 4 aromatic rings. The molecule has 1 aliphatic rings. The molecule has 0 saturated carbocycles. The maximum absolute atomic E-state index is 13.3. The highest BCUT2D eigenvalue weighted by molar-refractivity contribution is 7.89. The van der Waals surface area contributed by atoms with Crippen molar-refractivity contribution in [2.75, 3.05) is 38.2 Å². The van der Waals surface area contributed by atoms with Crippen LogP contribution in [0.15, 0.2) is 53.4 Å². The Kier molecular flexibility index (Phi) is 7.17. The fourth-order valence-electron chi connectivity index (χ4n) is 4.60. The summed E-state index contributed by atoms with van der Waals surface area (Å²) in [5.41, 5.74) is 3.58. The Morgan fingerprint density at radius 3 is 2.38 bits per heavy atom. The Labute approximate surface area is 221 Å². The van der Waals surface area contributed by atoms with Gasteiger partial charge in [-0.2, -0.15) is 9.40 Å². The second kappa shape index (κ2) is 10.4. The molecule has 0 atom stereocenters. The second-order valence-corrected chi connectivity index (χ2v) is 11.5. The molecular weight excluding hydrogens is 512 g/mol. The van der Waals surface area contributed by atoms with Crippen LogP contribution in [0.1, 0.15) is 23.5 Å². The predicted octanol–water partition coefficient (Wildman–Crippen LogP) is 4.13. The molecule has 2 aromatic carbocycles. The molecule has 0 bridgehead atoms. The topological polar surface area (TPSA) is 93.5 Å². The highest BCUT2D eigenvalue weighted by atomic mass is 35.5. The minimum atomic E-state index is -3.63. The zero-order valence-electron chi connectivity index (χ0n) is 21.1. The summed E-state index contributed by atoms with van der Waals surface area (Å²) in [5.74, 6) is 1.30. The van der Waals surface area contributed by atoms with E-state index in [2.05, 4.69) is 4.90 Å². The standard InChI is InChI=1S/C26H29ClN6O3S/c1-18-5-9-21(10-6-18)33-26-24(19(2)30-33)25(28-23(29-26)17-36-3)31-13-4-14-32(16-15-31)37(34,35)22-11-7-20(27)8-12-22/h5-12H,4,13-17H2,1-3H3. The quantitative estimate of drug-likeness (QED) is 0.363. The third-order valence-electron chi connectivity index (χ3n) is 6.49. The smallest absolute Gasteiger partial charge is 0.243 e. The van der Waals surface area contributed by atoms with Crippen LogP contribution in [-0.2, 0) is 21.4 Å². The number of nitrogens with zero attached hydrogens (tertiary/aromatic N) is 6. The zero-order valence-corrected chi connectivity index (χ0v) is 22.6. The van der Waals surface area contributed by atoms with Gasteiger partial charge in [0, 0.05) is 38.3 Å². The second-order valence-electron chi connectivity index (χ2n) is 9.13. The molecule has 2 aromatic heterocycles. The van der Waals surface area contributed by atoms with Crippen molar-refractivity contribution in [3.63, 3.8) is 0 Å². The van der Waals surface area contributed by atoms with Gasteiger partial charge in [0.15, 0.2) is 11.5 Å². The van der Waals surface area contributed by atoms with E-state index >= 15 is 0 Å². The first kappa shape index (κ1) is 25.6. The van der Waals surface area contributed by atoms with Gasteiger partial charge in [-0.25, -0.2) is 23.1 Å². The molecule has 0 radical (unpaired) electrons. The van der Waals surface area contributed by atoms with E-state index in [9.17, 15) is 8.42 Å². The zero-order chi connectivity index (χ0) is 26.2. The van der Waals surface area contributed by atoms with Crippen molar-refractivity contribution in [2.24, 2.45) is 0 Å². The Balaban J connectivity index is 1.51. The number of sulfonamides is 1.